The maximum Gasteiger partial charge on any atom is 0.0512 e. The van der Waals surface area contributed by atoms with Crippen molar-refractivity contribution in [2.45, 2.75) is 51.7 Å². The van der Waals surface area contributed by atoms with E-state index in [1.54, 1.807) is 0 Å². The number of nitrogens with one attached hydrogen (secondary N) is 1. The van der Waals surface area contributed by atoms with Gasteiger partial charge in [0.2, 0.25) is 0 Å². The minimum absolute atomic E-state index is 0.175. The first-order valence-corrected chi connectivity index (χ1v) is 6.67. The smallest absolute Gasteiger partial charge is 0.0512 e. The third-order valence-corrected chi connectivity index (χ3v) is 3.05. The van der Waals surface area contributed by atoms with E-state index >= 15 is 0 Å². The Kier molecular flexibility index (Phi) is 6.90. The molecule has 0 aromatic heterocycles. The number of benzene rings is 1. The van der Waals surface area contributed by atoms with Crippen LogP contribution in [0.15, 0.2) is 30.3 Å². The van der Waals surface area contributed by atoms with Gasteiger partial charge in [-0.2, -0.15) is 0 Å². The van der Waals surface area contributed by atoms with Crippen molar-refractivity contribution in [1.82, 2.24) is 5.32 Å². The molecule has 0 aliphatic carbocycles. The molecule has 0 aliphatic heterocycles. The summed E-state index contributed by atoms with van der Waals surface area (Å²) in [6.45, 7) is 5.06. The lowest BCUT2D eigenvalue weighted by molar-refractivity contribution is 0.181. The molecular formula is C15H25NO. The van der Waals surface area contributed by atoms with Crippen LogP contribution < -0.4 is 5.32 Å². The summed E-state index contributed by atoms with van der Waals surface area (Å²) < 4.78 is 0. The van der Waals surface area contributed by atoms with Crippen LogP contribution in [0.1, 0.15) is 38.7 Å². The topological polar surface area (TPSA) is 32.3 Å². The Hall–Kier alpha value is -0.860. The maximum absolute atomic E-state index is 9.18. The van der Waals surface area contributed by atoms with Gasteiger partial charge in [0, 0.05) is 6.04 Å². The van der Waals surface area contributed by atoms with E-state index in [1.807, 2.05) is 6.92 Å². The van der Waals surface area contributed by atoms with Crippen LogP contribution in [0.3, 0.4) is 0 Å². The highest BCUT2D eigenvalue weighted by molar-refractivity contribution is 5.15. The fourth-order valence-corrected chi connectivity index (χ4v) is 1.96. The molecule has 0 amide bonds. The predicted molar refractivity (Wildman–Crippen MR) is 73.1 cm³/mol. The van der Waals surface area contributed by atoms with Gasteiger partial charge >= 0.3 is 0 Å². The second-order valence-corrected chi connectivity index (χ2v) is 4.74. The molecule has 17 heavy (non-hydrogen) atoms. The van der Waals surface area contributed by atoms with E-state index in [2.05, 4.69) is 42.6 Å². The van der Waals surface area contributed by atoms with Crippen LogP contribution in [0.5, 0.6) is 0 Å². The molecule has 1 aromatic rings. The molecule has 1 rings (SSSR count). The molecule has 2 unspecified atom stereocenters. The van der Waals surface area contributed by atoms with E-state index in [-0.39, 0.29) is 6.10 Å². The van der Waals surface area contributed by atoms with Gasteiger partial charge in [-0.05, 0) is 44.7 Å². The second-order valence-electron chi connectivity index (χ2n) is 4.74. The van der Waals surface area contributed by atoms with Crippen molar-refractivity contribution in [1.29, 1.82) is 0 Å². The Bertz CT molecular complexity index is 284. The zero-order valence-electron chi connectivity index (χ0n) is 11.0. The molecule has 0 saturated heterocycles. The average Bonchev–Trinajstić information content (AvgIpc) is 2.34. The summed E-state index contributed by atoms with van der Waals surface area (Å²) in [5.74, 6) is 0. The summed E-state index contributed by atoms with van der Waals surface area (Å²) in [7, 11) is 0. The number of aliphatic hydroxyl groups is 1. The van der Waals surface area contributed by atoms with Gasteiger partial charge < -0.3 is 10.4 Å². The van der Waals surface area contributed by atoms with E-state index in [0.717, 1.165) is 32.2 Å². The van der Waals surface area contributed by atoms with Gasteiger partial charge in [-0.15, -0.1) is 0 Å². The molecule has 0 bridgehead atoms. The van der Waals surface area contributed by atoms with E-state index < -0.39 is 0 Å². The number of rotatable bonds is 8. The van der Waals surface area contributed by atoms with Crippen molar-refractivity contribution in [3.05, 3.63) is 35.9 Å². The lowest BCUT2D eigenvalue weighted by Gasteiger charge is -2.17. The molecule has 0 fully saturated rings. The first kappa shape index (κ1) is 14.2. The molecule has 0 radical (unpaired) electrons. The predicted octanol–water partition coefficient (Wildman–Crippen LogP) is 2.76. The summed E-state index contributed by atoms with van der Waals surface area (Å²) >= 11 is 0. The van der Waals surface area contributed by atoms with Crippen LogP contribution in [0.25, 0.3) is 0 Å². The molecular weight excluding hydrogens is 210 g/mol. The summed E-state index contributed by atoms with van der Waals surface area (Å²) in [5.41, 5.74) is 1.39. The van der Waals surface area contributed by atoms with Crippen LogP contribution in [0.2, 0.25) is 0 Å². The van der Waals surface area contributed by atoms with Gasteiger partial charge in [0.1, 0.15) is 0 Å². The Morgan fingerprint density at radius 3 is 2.53 bits per heavy atom. The summed E-state index contributed by atoms with van der Waals surface area (Å²) in [6, 6.07) is 11.2. The number of hydrogen-bond acceptors (Lipinski definition) is 2. The molecule has 2 N–H and O–H groups in total. The second kappa shape index (κ2) is 8.26. The lowest BCUT2D eigenvalue weighted by Crippen LogP contribution is -2.31. The molecule has 2 atom stereocenters. The normalized spacial score (nSPS) is 14.5. The van der Waals surface area contributed by atoms with Crippen LogP contribution in [0.4, 0.5) is 0 Å². The van der Waals surface area contributed by atoms with Crippen molar-refractivity contribution >= 4 is 0 Å². The van der Waals surface area contributed by atoms with Crippen molar-refractivity contribution in [2.75, 3.05) is 6.54 Å². The van der Waals surface area contributed by atoms with Gasteiger partial charge in [0.05, 0.1) is 6.10 Å². The van der Waals surface area contributed by atoms with Gasteiger partial charge in [-0.3, -0.25) is 0 Å². The lowest BCUT2D eigenvalue weighted by atomic mass is 10.0. The molecule has 0 heterocycles. The highest BCUT2D eigenvalue weighted by atomic mass is 16.3. The highest BCUT2D eigenvalue weighted by Crippen LogP contribution is 2.06. The third-order valence-electron chi connectivity index (χ3n) is 3.05. The van der Waals surface area contributed by atoms with Crippen molar-refractivity contribution in [2.24, 2.45) is 0 Å². The first-order valence-electron chi connectivity index (χ1n) is 6.67. The van der Waals surface area contributed by atoms with Gasteiger partial charge in [0.15, 0.2) is 0 Å². The monoisotopic (exact) mass is 235 g/mol. The van der Waals surface area contributed by atoms with E-state index in [0.29, 0.717) is 6.04 Å². The molecule has 1 aromatic carbocycles. The average molecular weight is 235 g/mol. The van der Waals surface area contributed by atoms with Crippen LogP contribution >= 0.6 is 0 Å². The van der Waals surface area contributed by atoms with Crippen LogP contribution in [0, 0.1) is 0 Å². The van der Waals surface area contributed by atoms with Gasteiger partial charge in [0.25, 0.3) is 0 Å². The fourth-order valence-electron chi connectivity index (χ4n) is 1.96. The number of hydrogen-bond donors (Lipinski definition) is 2. The standard InChI is InChI=1S/C15H25NO/c1-3-15(16-11-7-8-13(2)17)12-14-9-5-4-6-10-14/h4-6,9-10,13,15-17H,3,7-8,11-12H2,1-2H3. The Balaban J connectivity index is 2.24. The third kappa shape index (κ3) is 6.44. The largest absolute Gasteiger partial charge is 0.393 e. The first-order chi connectivity index (χ1) is 8.22. The Morgan fingerprint density at radius 1 is 1.24 bits per heavy atom. The van der Waals surface area contributed by atoms with E-state index in [1.165, 1.54) is 5.56 Å². The van der Waals surface area contributed by atoms with Crippen molar-refractivity contribution < 1.29 is 5.11 Å². The summed E-state index contributed by atoms with van der Waals surface area (Å²) in [6.07, 6.45) is 3.99. The Labute approximate surface area is 105 Å². The zero-order valence-corrected chi connectivity index (χ0v) is 11.0. The van der Waals surface area contributed by atoms with Crippen LogP contribution in [-0.2, 0) is 6.42 Å². The van der Waals surface area contributed by atoms with Gasteiger partial charge in [-0.1, -0.05) is 37.3 Å². The van der Waals surface area contributed by atoms with Crippen molar-refractivity contribution in [3.8, 4) is 0 Å². The minimum Gasteiger partial charge on any atom is -0.393 e. The maximum atomic E-state index is 9.18. The molecule has 2 nitrogen and oxygen atoms in total. The van der Waals surface area contributed by atoms with Crippen molar-refractivity contribution in [3.63, 3.8) is 0 Å². The minimum atomic E-state index is -0.175. The SMILES string of the molecule is CCC(Cc1ccccc1)NCCCC(C)O. The van der Waals surface area contributed by atoms with Crippen LogP contribution in [-0.4, -0.2) is 23.8 Å². The molecule has 0 saturated carbocycles. The van der Waals surface area contributed by atoms with Gasteiger partial charge in [-0.25, -0.2) is 0 Å². The summed E-state index contributed by atoms with van der Waals surface area (Å²) in [5, 5.41) is 12.7. The molecule has 2 heteroatoms. The fraction of sp³-hybridized carbons (Fsp3) is 0.600. The highest BCUT2D eigenvalue weighted by Gasteiger charge is 2.06. The van der Waals surface area contributed by atoms with E-state index in [9.17, 15) is 5.11 Å². The zero-order chi connectivity index (χ0) is 12.5. The quantitative estimate of drug-likeness (QED) is 0.679. The molecule has 0 spiro atoms. The number of aliphatic hydroxyl groups excluding tert-OH is 1. The van der Waals surface area contributed by atoms with E-state index in [4.69, 9.17) is 0 Å². The molecule has 0 aliphatic rings. The summed E-state index contributed by atoms with van der Waals surface area (Å²) in [4.78, 5) is 0. The Morgan fingerprint density at radius 2 is 1.94 bits per heavy atom. The molecule has 96 valence electrons.